The van der Waals surface area contributed by atoms with Gasteiger partial charge in [-0.05, 0) is 36.0 Å². The number of unbranched alkanes of at least 4 members (excludes halogenated alkanes) is 1. The molecular formula is C15H24O. The zero-order chi connectivity index (χ0) is 12.0. The van der Waals surface area contributed by atoms with Gasteiger partial charge in [-0.2, -0.15) is 0 Å². The third-order valence-electron chi connectivity index (χ3n) is 3.58. The van der Waals surface area contributed by atoms with Gasteiger partial charge in [-0.25, -0.2) is 0 Å². The Morgan fingerprint density at radius 2 is 1.75 bits per heavy atom. The molecule has 0 saturated heterocycles. The van der Waals surface area contributed by atoms with Gasteiger partial charge in [-0.15, -0.1) is 0 Å². The quantitative estimate of drug-likeness (QED) is 0.736. The third kappa shape index (κ3) is 3.55. The van der Waals surface area contributed by atoms with Gasteiger partial charge in [-0.3, -0.25) is 0 Å². The van der Waals surface area contributed by atoms with Gasteiger partial charge in [-0.1, -0.05) is 52.2 Å². The average molecular weight is 220 g/mol. The van der Waals surface area contributed by atoms with Crippen molar-refractivity contribution in [3.8, 4) is 5.75 Å². The second kappa shape index (κ2) is 6.57. The molecule has 90 valence electrons. The SMILES string of the molecule is CCCC[C@@H](CC)[C@H](C)c1ccc(O)cc1. The van der Waals surface area contributed by atoms with Gasteiger partial charge in [0, 0.05) is 0 Å². The average Bonchev–Trinajstić information content (AvgIpc) is 2.30. The summed E-state index contributed by atoms with van der Waals surface area (Å²) in [5.41, 5.74) is 1.35. The summed E-state index contributed by atoms with van der Waals surface area (Å²) in [6, 6.07) is 7.68. The Balaban J connectivity index is 2.66. The fraction of sp³-hybridized carbons (Fsp3) is 0.600. The second-order valence-corrected chi connectivity index (χ2v) is 4.69. The molecule has 0 aliphatic rings. The van der Waals surface area contributed by atoms with Gasteiger partial charge in [0.15, 0.2) is 0 Å². The van der Waals surface area contributed by atoms with Crippen molar-refractivity contribution in [1.82, 2.24) is 0 Å². The first kappa shape index (κ1) is 13.1. The molecule has 0 unspecified atom stereocenters. The van der Waals surface area contributed by atoms with E-state index in [1.807, 2.05) is 0 Å². The first-order valence-electron chi connectivity index (χ1n) is 6.48. The minimum atomic E-state index is 0.359. The van der Waals surface area contributed by atoms with E-state index in [9.17, 15) is 5.11 Å². The molecule has 0 heterocycles. The number of rotatable bonds is 6. The summed E-state index contributed by atoms with van der Waals surface area (Å²) in [7, 11) is 0. The first-order valence-corrected chi connectivity index (χ1v) is 6.48. The lowest BCUT2D eigenvalue weighted by atomic mass is 9.82. The van der Waals surface area contributed by atoms with E-state index in [1.165, 1.54) is 31.2 Å². The Labute approximate surface area is 99.5 Å². The van der Waals surface area contributed by atoms with E-state index in [1.54, 1.807) is 12.1 Å². The standard InChI is InChI=1S/C15H24O/c1-4-6-7-13(5-2)12(3)14-8-10-15(16)11-9-14/h8-13,16H,4-7H2,1-3H3/t12-,13+/m0/s1. The Morgan fingerprint density at radius 1 is 1.12 bits per heavy atom. The summed E-state index contributed by atoms with van der Waals surface area (Å²) in [4.78, 5) is 0. The van der Waals surface area contributed by atoms with Crippen molar-refractivity contribution < 1.29 is 5.11 Å². The van der Waals surface area contributed by atoms with E-state index in [-0.39, 0.29) is 0 Å². The smallest absolute Gasteiger partial charge is 0.115 e. The van der Waals surface area contributed by atoms with Gasteiger partial charge >= 0.3 is 0 Å². The number of hydrogen-bond donors (Lipinski definition) is 1. The molecule has 2 atom stereocenters. The lowest BCUT2D eigenvalue weighted by molar-refractivity contribution is 0.389. The van der Waals surface area contributed by atoms with Crippen molar-refractivity contribution in [2.45, 2.75) is 52.4 Å². The molecule has 16 heavy (non-hydrogen) atoms. The highest BCUT2D eigenvalue weighted by molar-refractivity contribution is 5.28. The zero-order valence-corrected chi connectivity index (χ0v) is 10.7. The van der Waals surface area contributed by atoms with Crippen molar-refractivity contribution in [2.24, 2.45) is 5.92 Å². The molecule has 0 aromatic heterocycles. The minimum Gasteiger partial charge on any atom is -0.508 e. The second-order valence-electron chi connectivity index (χ2n) is 4.69. The molecule has 1 N–H and O–H groups in total. The van der Waals surface area contributed by atoms with E-state index in [0.29, 0.717) is 11.7 Å². The summed E-state index contributed by atoms with van der Waals surface area (Å²) < 4.78 is 0. The van der Waals surface area contributed by atoms with Crippen molar-refractivity contribution in [1.29, 1.82) is 0 Å². The number of aromatic hydroxyl groups is 1. The first-order chi connectivity index (χ1) is 7.69. The Hall–Kier alpha value is -0.980. The van der Waals surface area contributed by atoms with E-state index in [0.717, 1.165) is 5.92 Å². The molecule has 0 saturated carbocycles. The Morgan fingerprint density at radius 3 is 2.25 bits per heavy atom. The van der Waals surface area contributed by atoms with E-state index < -0.39 is 0 Å². The number of benzene rings is 1. The molecule has 1 rings (SSSR count). The summed E-state index contributed by atoms with van der Waals surface area (Å²) in [5.74, 6) is 1.72. The molecule has 1 aromatic carbocycles. The highest BCUT2D eigenvalue weighted by atomic mass is 16.3. The van der Waals surface area contributed by atoms with Crippen LogP contribution in [0.3, 0.4) is 0 Å². The summed E-state index contributed by atoms with van der Waals surface area (Å²) >= 11 is 0. The number of phenols is 1. The van der Waals surface area contributed by atoms with Crippen molar-refractivity contribution in [2.75, 3.05) is 0 Å². The van der Waals surface area contributed by atoms with Crippen LogP contribution in [-0.4, -0.2) is 5.11 Å². The zero-order valence-electron chi connectivity index (χ0n) is 10.7. The molecule has 1 nitrogen and oxygen atoms in total. The van der Waals surface area contributed by atoms with Crippen LogP contribution >= 0.6 is 0 Å². The van der Waals surface area contributed by atoms with Gasteiger partial charge in [0.2, 0.25) is 0 Å². The number of hydrogen-bond acceptors (Lipinski definition) is 1. The molecule has 0 radical (unpaired) electrons. The van der Waals surface area contributed by atoms with Crippen LogP contribution in [0.25, 0.3) is 0 Å². The van der Waals surface area contributed by atoms with Crippen molar-refractivity contribution in [3.05, 3.63) is 29.8 Å². The van der Waals surface area contributed by atoms with Crippen LogP contribution in [0, 0.1) is 5.92 Å². The van der Waals surface area contributed by atoms with Crippen LogP contribution in [0.15, 0.2) is 24.3 Å². The van der Waals surface area contributed by atoms with Crippen molar-refractivity contribution >= 4 is 0 Å². The maximum absolute atomic E-state index is 9.28. The minimum absolute atomic E-state index is 0.359. The molecule has 0 bridgehead atoms. The largest absolute Gasteiger partial charge is 0.508 e. The molecule has 1 aromatic rings. The van der Waals surface area contributed by atoms with Gasteiger partial charge in [0.05, 0.1) is 0 Å². The van der Waals surface area contributed by atoms with E-state index >= 15 is 0 Å². The molecule has 0 fully saturated rings. The predicted octanol–water partition coefficient (Wildman–Crippen LogP) is 4.71. The van der Waals surface area contributed by atoms with Crippen LogP contribution in [0.2, 0.25) is 0 Å². The maximum atomic E-state index is 9.28. The molecule has 0 aliphatic heterocycles. The maximum Gasteiger partial charge on any atom is 0.115 e. The molecular weight excluding hydrogens is 196 g/mol. The van der Waals surface area contributed by atoms with Crippen LogP contribution in [0.1, 0.15) is 57.9 Å². The van der Waals surface area contributed by atoms with Gasteiger partial charge in [0.1, 0.15) is 5.75 Å². The number of phenolic OH excluding ortho intramolecular Hbond substituents is 1. The predicted molar refractivity (Wildman–Crippen MR) is 69.8 cm³/mol. The van der Waals surface area contributed by atoms with E-state index in [4.69, 9.17) is 0 Å². The van der Waals surface area contributed by atoms with Crippen molar-refractivity contribution in [3.63, 3.8) is 0 Å². The van der Waals surface area contributed by atoms with Gasteiger partial charge < -0.3 is 5.11 Å². The molecule has 1 heteroatoms. The normalized spacial score (nSPS) is 14.7. The highest BCUT2D eigenvalue weighted by Crippen LogP contribution is 2.31. The van der Waals surface area contributed by atoms with Gasteiger partial charge in [0.25, 0.3) is 0 Å². The fourth-order valence-corrected chi connectivity index (χ4v) is 2.32. The lowest BCUT2D eigenvalue weighted by Gasteiger charge is -2.23. The molecule has 0 amide bonds. The third-order valence-corrected chi connectivity index (χ3v) is 3.58. The summed E-state index contributed by atoms with van der Waals surface area (Å²) in [6.07, 6.45) is 5.15. The lowest BCUT2D eigenvalue weighted by Crippen LogP contribution is -2.09. The molecule has 0 aliphatic carbocycles. The molecule has 0 spiro atoms. The summed E-state index contributed by atoms with van der Waals surface area (Å²) in [5, 5.41) is 9.28. The van der Waals surface area contributed by atoms with E-state index in [2.05, 4.69) is 32.9 Å². The highest BCUT2D eigenvalue weighted by Gasteiger charge is 2.16. The monoisotopic (exact) mass is 220 g/mol. The topological polar surface area (TPSA) is 20.2 Å². The van der Waals surface area contributed by atoms with Crippen LogP contribution in [0.5, 0.6) is 5.75 Å². The van der Waals surface area contributed by atoms with Crippen LogP contribution in [0.4, 0.5) is 0 Å². The van der Waals surface area contributed by atoms with Crippen LogP contribution < -0.4 is 0 Å². The Bertz CT molecular complexity index is 289. The Kier molecular flexibility index (Phi) is 5.37. The fourth-order valence-electron chi connectivity index (χ4n) is 2.32. The summed E-state index contributed by atoms with van der Waals surface area (Å²) in [6.45, 7) is 6.82. The van der Waals surface area contributed by atoms with Crippen LogP contribution in [-0.2, 0) is 0 Å².